The Hall–Kier alpha value is -2.34. The maximum Gasteiger partial charge on any atom is 0.416 e. The number of fused-ring (bicyclic) bond motifs is 1. The third kappa shape index (κ3) is 3.78. The molecular weight excluding hydrogens is 395 g/mol. The van der Waals surface area contributed by atoms with Gasteiger partial charge in [0.2, 0.25) is 0 Å². The highest BCUT2D eigenvalue weighted by molar-refractivity contribution is 8.14. The Bertz CT molecular complexity index is 1070. The van der Waals surface area contributed by atoms with Crippen molar-refractivity contribution in [3.8, 4) is 11.1 Å². The van der Waals surface area contributed by atoms with Gasteiger partial charge in [0, 0.05) is 21.9 Å². The highest BCUT2D eigenvalue weighted by Crippen LogP contribution is 2.49. The van der Waals surface area contributed by atoms with Crippen LogP contribution in [0.4, 0.5) is 13.2 Å². The molecule has 0 saturated heterocycles. The number of carbonyl (C=O) groups excluding carboxylic acids is 1. The van der Waals surface area contributed by atoms with Crippen LogP contribution in [0, 0.1) is 5.41 Å². The lowest BCUT2D eigenvalue weighted by Gasteiger charge is -2.39. The third-order valence-electron chi connectivity index (χ3n) is 5.85. The quantitative estimate of drug-likeness (QED) is 0.425. The molecule has 1 aliphatic rings. The number of carbonyl (C=O) groups is 1. The van der Waals surface area contributed by atoms with Crippen molar-refractivity contribution >= 4 is 27.8 Å². The first kappa shape index (κ1) is 20.0. The average molecular weight is 415 g/mol. The third-order valence-corrected chi connectivity index (χ3v) is 7.04. The summed E-state index contributed by atoms with van der Waals surface area (Å²) < 4.78 is 39.2. The molecule has 1 aromatic heterocycles. The maximum absolute atomic E-state index is 13.1. The lowest BCUT2D eigenvalue weighted by atomic mass is 9.68. The molecule has 0 bridgehead atoms. The summed E-state index contributed by atoms with van der Waals surface area (Å²) in [6, 6.07) is 12.5. The van der Waals surface area contributed by atoms with Crippen LogP contribution in [0.25, 0.3) is 22.0 Å². The Morgan fingerprint density at radius 1 is 1.10 bits per heavy atom. The molecular formula is C23H20F3NOS. The molecule has 0 spiro atoms. The van der Waals surface area contributed by atoms with Crippen molar-refractivity contribution in [1.82, 2.24) is 4.98 Å². The average Bonchev–Trinajstić information content (AvgIpc) is 2.67. The van der Waals surface area contributed by atoms with Gasteiger partial charge in [-0.25, -0.2) is 0 Å². The molecule has 0 atom stereocenters. The van der Waals surface area contributed by atoms with E-state index in [0.717, 1.165) is 53.6 Å². The van der Waals surface area contributed by atoms with E-state index in [1.165, 1.54) is 17.8 Å². The van der Waals surface area contributed by atoms with Crippen molar-refractivity contribution in [2.75, 3.05) is 0 Å². The zero-order valence-corrected chi connectivity index (χ0v) is 16.7. The fourth-order valence-corrected chi connectivity index (χ4v) is 4.95. The van der Waals surface area contributed by atoms with E-state index in [4.69, 9.17) is 0 Å². The molecule has 6 heteroatoms. The molecule has 29 heavy (non-hydrogen) atoms. The van der Waals surface area contributed by atoms with E-state index in [9.17, 15) is 18.0 Å². The summed E-state index contributed by atoms with van der Waals surface area (Å²) in [5.41, 5.74) is 0.953. The second-order valence-corrected chi connectivity index (χ2v) is 8.51. The number of pyridine rings is 1. The predicted molar refractivity (Wildman–Crippen MR) is 110 cm³/mol. The zero-order valence-electron chi connectivity index (χ0n) is 15.9. The van der Waals surface area contributed by atoms with Gasteiger partial charge in [-0.15, -0.1) is 0 Å². The lowest BCUT2D eigenvalue weighted by Crippen LogP contribution is -2.35. The van der Waals surface area contributed by atoms with E-state index in [1.807, 2.05) is 19.1 Å². The van der Waals surface area contributed by atoms with Gasteiger partial charge >= 0.3 is 6.18 Å². The molecule has 0 amide bonds. The van der Waals surface area contributed by atoms with Gasteiger partial charge in [-0.1, -0.05) is 43.3 Å². The highest BCUT2D eigenvalue weighted by Gasteiger charge is 2.42. The summed E-state index contributed by atoms with van der Waals surface area (Å²) in [4.78, 5) is 18.1. The largest absolute Gasteiger partial charge is 0.416 e. The van der Waals surface area contributed by atoms with Gasteiger partial charge < -0.3 is 0 Å². The van der Waals surface area contributed by atoms with Crippen molar-refractivity contribution in [3.05, 3.63) is 60.3 Å². The number of alkyl halides is 3. The van der Waals surface area contributed by atoms with Gasteiger partial charge in [0.15, 0.2) is 5.12 Å². The number of hydrogen-bond acceptors (Lipinski definition) is 3. The van der Waals surface area contributed by atoms with Crippen LogP contribution in [0.1, 0.15) is 38.2 Å². The molecule has 2 nitrogen and oxygen atoms in total. The molecule has 150 valence electrons. The lowest BCUT2D eigenvalue weighted by molar-refractivity contribution is -0.137. The molecule has 1 saturated carbocycles. The molecule has 3 aromatic rings. The smallest absolute Gasteiger partial charge is 0.286 e. The Labute approximate surface area is 171 Å². The Morgan fingerprint density at radius 3 is 2.52 bits per heavy atom. The minimum absolute atomic E-state index is 0.170. The molecule has 4 rings (SSSR count). The highest BCUT2D eigenvalue weighted by atomic mass is 32.2. The zero-order chi connectivity index (χ0) is 20.6. The van der Waals surface area contributed by atoms with Crippen molar-refractivity contribution in [2.45, 2.75) is 43.7 Å². The van der Waals surface area contributed by atoms with Crippen molar-refractivity contribution in [1.29, 1.82) is 0 Å². The van der Waals surface area contributed by atoms with Crippen LogP contribution >= 0.6 is 11.8 Å². The van der Waals surface area contributed by atoms with Gasteiger partial charge in [-0.05, 0) is 60.7 Å². The first-order chi connectivity index (χ1) is 13.8. The first-order valence-electron chi connectivity index (χ1n) is 9.61. The number of hydrogen-bond donors (Lipinski definition) is 0. The summed E-state index contributed by atoms with van der Waals surface area (Å²) >= 11 is 1.23. The van der Waals surface area contributed by atoms with E-state index >= 15 is 0 Å². The van der Waals surface area contributed by atoms with Gasteiger partial charge in [0.1, 0.15) is 0 Å². The van der Waals surface area contributed by atoms with Crippen LogP contribution in [0.2, 0.25) is 0 Å². The second kappa shape index (κ2) is 7.48. The minimum atomic E-state index is -4.39. The van der Waals surface area contributed by atoms with E-state index in [2.05, 4.69) is 4.98 Å². The van der Waals surface area contributed by atoms with Crippen LogP contribution in [-0.4, -0.2) is 10.1 Å². The van der Waals surface area contributed by atoms with Gasteiger partial charge in [-0.3, -0.25) is 9.78 Å². The number of aromatic nitrogens is 1. The maximum atomic E-state index is 13.1. The fraction of sp³-hybridized carbons (Fsp3) is 0.304. The summed E-state index contributed by atoms with van der Waals surface area (Å²) in [5.74, 6) is 0. The SMILES string of the molecule is CCC1(C(=O)Sc2ccnc3ccc(-c4cccc(C(F)(F)F)c4)cc23)CCC1. The monoisotopic (exact) mass is 415 g/mol. The summed E-state index contributed by atoms with van der Waals surface area (Å²) in [6.45, 7) is 2.05. The molecule has 1 heterocycles. The second-order valence-electron chi connectivity index (χ2n) is 7.50. The van der Waals surface area contributed by atoms with Crippen LogP contribution < -0.4 is 0 Å². The molecule has 0 radical (unpaired) electrons. The first-order valence-corrected chi connectivity index (χ1v) is 10.4. The van der Waals surface area contributed by atoms with Crippen molar-refractivity contribution in [2.24, 2.45) is 5.41 Å². The Balaban J connectivity index is 1.72. The van der Waals surface area contributed by atoms with E-state index in [0.29, 0.717) is 11.1 Å². The van der Waals surface area contributed by atoms with Crippen LogP contribution in [-0.2, 0) is 11.0 Å². The molecule has 1 aliphatic carbocycles. The van der Waals surface area contributed by atoms with Gasteiger partial charge in [0.05, 0.1) is 11.1 Å². The number of thioether (sulfide) groups is 1. The van der Waals surface area contributed by atoms with Crippen molar-refractivity contribution in [3.63, 3.8) is 0 Å². The van der Waals surface area contributed by atoms with Crippen LogP contribution in [0.15, 0.2) is 59.6 Å². The molecule has 2 aromatic carbocycles. The standard InChI is InChI=1S/C23H20F3NOS/c1-2-22(10-4-11-22)21(28)29-20-9-12-27-19-8-7-16(14-18(19)20)15-5-3-6-17(13-15)23(24,25)26/h3,5-9,12-14H,2,4,10-11H2,1H3. The molecule has 0 N–H and O–H groups in total. The number of halogens is 3. The van der Waals surface area contributed by atoms with Crippen LogP contribution in [0.3, 0.4) is 0 Å². The van der Waals surface area contributed by atoms with Crippen LogP contribution in [0.5, 0.6) is 0 Å². The predicted octanol–water partition coefficient (Wildman–Crippen LogP) is 7.12. The summed E-state index contributed by atoms with van der Waals surface area (Å²) in [5, 5.41) is 0.953. The normalized spacial score (nSPS) is 15.9. The van der Waals surface area contributed by atoms with Gasteiger partial charge in [-0.2, -0.15) is 13.2 Å². The fourth-order valence-electron chi connectivity index (χ4n) is 3.78. The van der Waals surface area contributed by atoms with E-state index in [1.54, 1.807) is 24.4 Å². The Kier molecular flexibility index (Phi) is 5.15. The summed E-state index contributed by atoms with van der Waals surface area (Å²) in [7, 11) is 0. The van der Waals surface area contributed by atoms with Gasteiger partial charge in [0.25, 0.3) is 0 Å². The number of nitrogens with zero attached hydrogens (tertiary/aromatic N) is 1. The number of rotatable bonds is 4. The van der Waals surface area contributed by atoms with E-state index in [-0.39, 0.29) is 10.5 Å². The topological polar surface area (TPSA) is 30.0 Å². The Morgan fingerprint density at radius 2 is 1.86 bits per heavy atom. The molecule has 0 unspecified atom stereocenters. The van der Waals surface area contributed by atoms with E-state index < -0.39 is 11.7 Å². The molecule has 0 aliphatic heterocycles. The summed E-state index contributed by atoms with van der Waals surface area (Å²) in [6.07, 6.45) is 1.04. The van der Waals surface area contributed by atoms with Crippen molar-refractivity contribution < 1.29 is 18.0 Å². The minimum Gasteiger partial charge on any atom is -0.286 e. The molecule has 1 fully saturated rings. The number of benzene rings is 2.